The van der Waals surface area contributed by atoms with Crippen LogP contribution in [0.5, 0.6) is 0 Å². The van der Waals surface area contributed by atoms with E-state index in [2.05, 4.69) is 10.1 Å². The fourth-order valence-electron chi connectivity index (χ4n) is 1.17. The van der Waals surface area contributed by atoms with E-state index >= 15 is 0 Å². The van der Waals surface area contributed by atoms with Crippen molar-refractivity contribution in [2.24, 2.45) is 0 Å². The molecule has 0 spiro atoms. The first-order valence-electron chi connectivity index (χ1n) is 4.31. The molecule has 0 unspecified atom stereocenters. The highest BCUT2D eigenvalue weighted by atomic mass is 35.7. The van der Waals surface area contributed by atoms with E-state index in [4.69, 9.17) is 22.3 Å². The summed E-state index contributed by atoms with van der Waals surface area (Å²) in [5.41, 5.74) is -0.334. The van der Waals surface area contributed by atoms with Crippen LogP contribution in [-0.2, 0) is 9.05 Å². The number of hydrogen-bond acceptors (Lipinski definition) is 4. The van der Waals surface area contributed by atoms with E-state index in [1.807, 2.05) is 5.10 Å². The van der Waals surface area contributed by atoms with Crippen molar-refractivity contribution in [2.45, 2.75) is 5.16 Å². The lowest BCUT2D eigenvalue weighted by atomic mass is 10.2. The molecule has 2 rings (SSSR count). The number of H-pyrrole nitrogens is 1. The van der Waals surface area contributed by atoms with Gasteiger partial charge in [-0.3, -0.25) is 0 Å². The first-order valence-corrected chi connectivity index (χ1v) is 7.00. The molecule has 0 atom stereocenters. The molecule has 0 saturated carbocycles. The number of benzene rings is 1. The predicted octanol–water partition coefficient (Wildman–Crippen LogP) is 2.33. The molecule has 10 heteroatoms. The van der Waals surface area contributed by atoms with E-state index in [1.54, 1.807) is 0 Å². The molecule has 1 heterocycles. The third kappa shape index (κ3) is 2.45. The van der Waals surface area contributed by atoms with Gasteiger partial charge in [0, 0.05) is 10.7 Å². The summed E-state index contributed by atoms with van der Waals surface area (Å²) in [4.78, 5) is 3.45. The van der Waals surface area contributed by atoms with Crippen LogP contribution in [0.2, 0.25) is 5.02 Å². The van der Waals surface area contributed by atoms with Crippen molar-refractivity contribution in [1.82, 2.24) is 15.2 Å². The zero-order valence-electron chi connectivity index (χ0n) is 8.29. The van der Waals surface area contributed by atoms with Crippen molar-refractivity contribution in [1.29, 1.82) is 0 Å². The highest BCUT2D eigenvalue weighted by molar-refractivity contribution is 8.13. The molecule has 0 aliphatic heterocycles. The lowest BCUT2D eigenvalue weighted by Gasteiger charge is -1.99. The lowest BCUT2D eigenvalue weighted by Crippen LogP contribution is -1.93. The van der Waals surface area contributed by atoms with Crippen LogP contribution in [0.4, 0.5) is 8.78 Å². The highest BCUT2D eigenvalue weighted by Crippen LogP contribution is 2.26. The van der Waals surface area contributed by atoms with Gasteiger partial charge in [-0.15, -0.1) is 0 Å². The molecule has 0 fully saturated rings. The van der Waals surface area contributed by atoms with Gasteiger partial charge >= 0.3 is 0 Å². The summed E-state index contributed by atoms with van der Waals surface area (Å²) in [6.07, 6.45) is 0. The number of rotatable bonds is 2. The van der Waals surface area contributed by atoms with Gasteiger partial charge in [-0.1, -0.05) is 11.6 Å². The number of halogens is 4. The van der Waals surface area contributed by atoms with Crippen LogP contribution in [0.15, 0.2) is 17.3 Å². The Kier molecular flexibility index (Phi) is 3.26. The largest absolute Gasteiger partial charge is 0.296 e. The van der Waals surface area contributed by atoms with E-state index < -0.39 is 30.9 Å². The molecule has 0 aliphatic carbocycles. The van der Waals surface area contributed by atoms with E-state index in [0.717, 1.165) is 12.1 Å². The topological polar surface area (TPSA) is 75.7 Å². The van der Waals surface area contributed by atoms with Gasteiger partial charge in [0.25, 0.3) is 14.2 Å². The average molecular weight is 314 g/mol. The van der Waals surface area contributed by atoms with Crippen LogP contribution in [0.25, 0.3) is 11.4 Å². The van der Waals surface area contributed by atoms with E-state index in [-0.39, 0.29) is 11.4 Å². The summed E-state index contributed by atoms with van der Waals surface area (Å²) in [5, 5.41) is 4.37. The molecular weight excluding hydrogens is 311 g/mol. The quantitative estimate of drug-likeness (QED) is 0.682. The summed E-state index contributed by atoms with van der Waals surface area (Å²) in [5.74, 6) is -2.12. The Morgan fingerprint density at radius 3 is 2.44 bits per heavy atom. The third-order valence-electron chi connectivity index (χ3n) is 1.95. The summed E-state index contributed by atoms with van der Waals surface area (Å²) in [7, 11) is 0.885. The second-order valence-corrected chi connectivity index (χ2v) is 6.04. The molecule has 0 radical (unpaired) electrons. The molecule has 1 N–H and O–H groups in total. The van der Waals surface area contributed by atoms with E-state index in [0.29, 0.717) is 0 Å². The van der Waals surface area contributed by atoms with Gasteiger partial charge in [0.1, 0.15) is 11.6 Å². The van der Waals surface area contributed by atoms with Crippen molar-refractivity contribution >= 4 is 31.3 Å². The fraction of sp³-hybridized carbons (Fsp3) is 0. The van der Waals surface area contributed by atoms with Crippen LogP contribution in [0.1, 0.15) is 0 Å². The maximum Gasteiger partial charge on any atom is 0.296 e. The van der Waals surface area contributed by atoms with Crippen molar-refractivity contribution in [3.05, 3.63) is 28.8 Å². The highest BCUT2D eigenvalue weighted by Gasteiger charge is 2.19. The molecule has 5 nitrogen and oxygen atoms in total. The Morgan fingerprint density at radius 1 is 1.22 bits per heavy atom. The molecular formula is C8H3Cl2F2N3O2S. The van der Waals surface area contributed by atoms with Crippen LogP contribution in [0.3, 0.4) is 0 Å². The van der Waals surface area contributed by atoms with Gasteiger partial charge in [-0.05, 0) is 12.1 Å². The molecule has 0 bridgehead atoms. The molecule has 2 aromatic rings. The number of nitrogens with one attached hydrogen (secondary N) is 1. The molecule has 0 saturated heterocycles. The molecule has 96 valence electrons. The second-order valence-electron chi connectivity index (χ2n) is 3.15. The number of nitrogens with zero attached hydrogens (tertiary/aromatic N) is 2. The molecule has 0 aliphatic rings. The third-order valence-corrected chi connectivity index (χ3v) is 3.32. The van der Waals surface area contributed by atoms with Gasteiger partial charge in [0.05, 0.1) is 10.6 Å². The maximum atomic E-state index is 13.5. The summed E-state index contributed by atoms with van der Waals surface area (Å²) in [6, 6.07) is 1.49. The zero-order valence-corrected chi connectivity index (χ0v) is 10.6. The minimum Gasteiger partial charge on any atom is -0.248 e. The predicted molar refractivity (Wildman–Crippen MR) is 59.8 cm³/mol. The molecule has 18 heavy (non-hydrogen) atoms. The number of hydrogen-bond donors (Lipinski definition) is 1. The molecule has 0 amide bonds. The van der Waals surface area contributed by atoms with Gasteiger partial charge in [0.15, 0.2) is 5.82 Å². The minimum atomic E-state index is -4.12. The first kappa shape index (κ1) is 13.2. The Bertz CT molecular complexity index is 717. The number of aromatic nitrogens is 3. The van der Waals surface area contributed by atoms with Gasteiger partial charge < -0.3 is 0 Å². The summed E-state index contributed by atoms with van der Waals surface area (Å²) >= 11 is 5.37. The minimum absolute atomic E-state index is 0.334. The van der Waals surface area contributed by atoms with Crippen LogP contribution < -0.4 is 0 Å². The Hall–Kier alpha value is -1.25. The van der Waals surface area contributed by atoms with E-state index in [9.17, 15) is 17.2 Å². The number of aromatic amines is 1. The van der Waals surface area contributed by atoms with Crippen molar-refractivity contribution in [3.8, 4) is 11.4 Å². The van der Waals surface area contributed by atoms with Crippen molar-refractivity contribution < 1.29 is 17.2 Å². The lowest BCUT2D eigenvalue weighted by molar-refractivity contribution is 0.601. The monoisotopic (exact) mass is 313 g/mol. The standard InChI is InChI=1S/C8H3Cl2F2N3O2S/c9-4-2-5(11)3(1-6(4)12)7-13-8(15-14-7)18(10,16)17/h1-2H,(H,13,14,15). The van der Waals surface area contributed by atoms with Crippen molar-refractivity contribution in [3.63, 3.8) is 0 Å². The van der Waals surface area contributed by atoms with Crippen LogP contribution in [0, 0.1) is 11.6 Å². The smallest absolute Gasteiger partial charge is 0.248 e. The second kappa shape index (κ2) is 4.45. The first-order chi connectivity index (χ1) is 8.29. The SMILES string of the molecule is O=S(=O)(Cl)c1nc(-c2cc(F)c(Cl)cc2F)n[nH]1. The normalized spacial score (nSPS) is 11.8. The molecule has 1 aromatic heterocycles. The Morgan fingerprint density at radius 2 is 1.89 bits per heavy atom. The fourth-order valence-corrected chi connectivity index (χ4v) is 1.88. The summed E-state index contributed by atoms with van der Waals surface area (Å²) in [6.45, 7) is 0. The molecule has 1 aromatic carbocycles. The average Bonchev–Trinajstić information content (AvgIpc) is 2.72. The van der Waals surface area contributed by atoms with Crippen molar-refractivity contribution in [2.75, 3.05) is 0 Å². The maximum absolute atomic E-state index is 13.5. The van der Waals surface area contributed by atoms with Crippen LogP contribution >= 0.6 is 22.3 Å². The van der Waals surface area contributed by atoms with Gasteiger partial charge in [-0.2, -0.15) is 10.1 Å². The van der Waals surface area contributed by atoms with Gasteiger partial charge in [0.2, 0.25) is 0 Å². The summed E-state index contributed by atoms with van der Waals surface area (Å²) < 4.78 is 48.5. The Balaban J connectivity index is 2.56. The van der Waals surface area contributed by atoms with Gasteiger partial charge in [-0.25, -0.2) is 22.3 Å². The zero-order chi connectivity index (χ0) is 13.5. The van der Waals surface area contributed by atoms with Crippen LogP contribution in [-0.4, -0.2) is 23.6 Å². The van der Waals surface area contributed by atoms with E-state index in [1.165, 1.54) is 0 Å². The Labute approximate surface area is 109 Å².